The molecule has 2 bridgehead atoms. The lowest BCUT2D eigenvalue weighted by Gasteiger charge is -2.22. The van der Waals surface area contributed by atoms with Crippen LogP contribution in [-0.4, -0.2) is 34.9 Å². The molecule has 3 amide bonds. The summed E-state index contributed by atoms with van der Waals surface area (Å²) in [6.07, 6.45) is 8.85. The highest BCUT2D eigenvalue weighted by Crippen LogP contribution is 2.48. The summed E-state index contributed by atoms with van der Waals surface area (Å²) in [6, 6.07) is 0. The first-order chi connectivity index (χ1) is 11.1. The Morgan fingerprint density at radius 3 is 2.22 bits per heavy atom. The molecule has 0 aromatic carbocycles. The number of rotatable bonds is 4. The van der Waals surface area contributed by atoms with Crippen molar-refractivity contribution >= 4 is 17.7 Å². The molecule has 4 fully saturated rings. The Morgan fingerprint density at radius 1 is 1.00 bits per heavy atom. The normalized spacial score (nSPS) is 36.6. The number of amides is 3. The SMILES string of the molecule is O=C(CCC1CCCCC1)NN1C(=O)C2C3CCC(O3)C2C1=O. The minimum atomic E-state index is -0.375. The van der Waals surface area contributed by atoms with Crippen molar-refractivity contribution in [2.45, 2.75) is 70.0 Å². The van der Waals surface area contributed by atoms with E-state index in [0.717, 1.165) is 24.3 Å². The Kier molecular flexibility index (Phi) is 3.87. The van der Waals surface area contributed by atoms with Crippen LogP contribution >= 0.6 is 0 Å². The topological polar surface area (TPSA) is 75.7 Å². The summed E-state index contributed by atoms with van der Waals surface area (Å²) in [7, 11) is 0. The van der Waals surface area contributed by atoms with Gasteiger partial charge in [0.05, 0.1) is 24.0 Å². The zero-order valence-corrected chi connectivity index (χ0v) is 13.3. The zero-order chi connectivity index (χ0) is 16.0. The van der Waals surface area contributed by atoms with Crippen LogP contribution in [0, 0.1) is 17.8 Å². The lowest BCUT2D eigenvalue weighted by molar-refractivity contribution is -0.151. The van der Waals surface area contributed by atoms with Gasteiger partial charge >= 0.3 is 0 Å². The zero-order valence-electron chi connectivity index (χ0n) is 13.3. The highest BCUT2D eigenvalue weighted by atomic mass is 16.5. The summed E-state index contributed by atoms with van der Waals surface area (Å²) in [5, 5.41) is 0.979. The number of imide groups is 1. The monoisotopic (exact) mass is 320 g/mol. The van der Waals surface area contributed by atoms with E-state index >= 15 is 0 Å². The van der Waals surface area contributed by atoms with Gasteiger partial charge in [-0.15, -0.1) is 0 Å². The van der Waals surface area contributed by atoms with Crippen LogP contribution in [0.3, 0.4) is 0 Å². The Bertz CT molecular complexity index is 501. The number of hydrogen-bond donors (Lipinski definition) is 1. The maximum Gasteiger partial charge on any atom is 0.254 e. The average Bonchev–Trinajstić information content (AvgIpc) is 3.24. The third kappa shape index (κ3) is 2.57. The van der Waals surface area contributed by atoms with E-state index in [2.05, 4.69) is 5.43 Å². The van der Waals surface area contributed by atoms with Crippen molar-refractivity contribution < 1.29 is 19.1 Å². The fourth-order valence-corrected chi connectivity index (χ4v) is 4.81. The number of hydrogen-bond acceptors (Lipinski definition) is 4. The minimum absolute atomic E-state index is 0.134. The molecule has 1 N–H and O–H groups in total. The Balaban J connectivity index is 1.33. The van der Waals surface area contributed by atoms with Crippen LogP contribution in [-0.2, 0) is 19.1 Å². The molecule has 4 atom stereocenters. The highest BCUT2D eigenvalue weighted by molar-refractivity contribution is 6.07. The van der Waals surface area contributed by atoms with Gasteiger partial charge in [0, 0.05) is 6.42 Å². The first kappa shape index (κ1) is 15.1. The predicted octanol–water partition coefficient (Wildman–Crippen LogP) is 1.54. The van der Waals surface area contributed by atoms with Crippen LogP contribution in [0.4, 0.5) is 0 Å². The smallest absolute Gasteiger partial charge is 0.254 e. The molecule has 3 aliphatic heterocycles. The fourth-order valence-electron chi connectivity index (χ4n) is 4.81. The van der Waals surface area contributed by atoms with Gasteiger partial charge in [-0.25, -0.2) is 0 Å². The quantitative estimate of drug-likeness (QED) is 0.797. The molecule has 4 unspecified atom stereocenters. The average molecular weight is 320 g/mol. The lowest BCUT2D eigenvalue weighted by Crippen LogP contribution is -2.47. The fraction of sp³-hybridized carbons (Fsp3) is 0.824. The van der Waals surface area contributed by atoms with Gasteiger partial charge in [0.1, 0.15) is 0 Å². The Hall–Kier alpha value is -1.43. The van der Waals surface area contributed by atoms with E-state index in [9.17, 15) is 14.4 Å². The maximum atomic E-state index is 12.4. The molecule has 0 radical (unpaired) electrons. The van der Waals surface area contributed by atoms with Gasteiger partial charge in [-0.05, 0) is 25.2 Å². The van der Waals surface area contributed by atoms with Gasteiger partial charge in [-0.3, -0.25) is 19.8 Å². The highest BCUT2D eigenvalue weighted by Gasteiger charge is 2.62. The van der Waals surface area contributed by atoms with Crippen molar-refractivity contribution in [1.29, 1.82) is 0 Å². The van der Waals surface area contributed by atoms with Crippen molar-refractivity contribution in [3.63, 3.8) is 0 Å². The standard InChI is InChI=1S/C17H24N2O4/c20-13(9-6-10-4-2-1-3-5-10)18-19-16(21)14-11-7-8-12(23-11)15(14)17(19)22/h10-12,14-15H,1-9H2,(H,18,20). The number of fused-ring (bicyclic) bond motifs is 5. The van der Waals surface area contributed by atoms with Gasteiger partial charge in [0.15, 0.2) is 0 Å². The minimum Gasteiger partial charge on any atom is -0.373 e. The largest absolute Gasteiger partial charge is 0.373 e. The lowest BCUT2D eigenvalue weighted by atomic mass is 9.81. The van der Waals surface area contributed by atoms with Crippen molar-refractivity contribution in [3.05, 3.63) is 0 Å². The molecule has 4 rings (SSSR count). The molecule has 0 aromatic rings. The number of nitrogens with one attached hydrogen (secondary N) is 1. The molecule has 23 heavy (non-hydrogen) atoms. The van der Waals surface area contributed by atoms with E-state index in [4.69, 9.17) is 4.74 Å². The summed E-state index contributed by atoms with van der Waals surface area (Å²) in [5.74, 6) is -0.912. The molecule has 0 aromatic heterocycles. The second kappa shape index (κ2) is 5.89. The molecule has 1 saturated carbocycles. The van der Waals surface area contributed by atoms with Crippen LogP contribution in [0.25, 0.3) is 0 Å². The summed E-state index contributed by atoms with van der Waals surface area (Å²) in [6.45, 7) is 0. The van der Waals surface area contributed by atoms with E-state index in [0.29, 0.717) is 12.3 Å². The molecule has 6 nitrogen and oxygen atoms in total. The second-order valence-corrected chi connectivity index (χ2v) is 7.43. The van der Waals surface area contributed by atoms with Crippen molar-refractivity contribution in [2.75, 3.05) is 0 Å². The summed E-state index contributed by atoms with van der Waals surface area (Å²) in [4.78, 5) is 37.0. The number of carbonyl (C=O) groups excluding carboxylic acids is 3. The molecule has 6 heteroatoms. The van der Waals surface area contributed by atoms with E-state index in [1.807, 2.05) is 0 Å². The van der Waals surface area contributed by atoms with Crippen LogP contribution in [0.1, 0.15) is 57.8 Å². The number of carbonyl (C=O) groups is 3. The Labute approximate surface area is 135 Å². The van der Waals surface area contributed by atoms with Crippen molar-refractivity contribution in [2.24, 2.45) is 17.8 Å². The molecule has 1 aliphatic carbocycles. The van der Waals surface area contributed by atoms with Gasteiger partial charge in [0.25, 0.3) is 11.8 Å². The van der Waals surface area contributed by atoms with Gasteiger partial charge in [-0.1, -0.05) is 32.1 Å². The van der Waals surface area contributed by atoms with Gasteiger partial charge in [0.2, 0.25) is 5.91 Å². The molecule has 4 aliphatic rings. The summed E-state index contributed by atoms with van der Waals surface area (Å²) >= 11 is 0. The molecule has 0 spiro atoms. The van der Waals surface area contributed by atoms with Crippen LogP contribution in [0.5, 0.6) is 0 Å². The van der Waals surface area contributed by atoms with E-state index in [1.165, 1.54) is 32.1 Å². The number of nitrogens with zero attached hydrogens (tertiary/aromatic N) is 1. The van der Waals surface area contributed by atoms with E-state index in [-0.39, 0.29) is 41.8 Å². The summed E-state index contributed by atoms with van der Waals surface area (Å²) in [5.41, 5.74) is 2.56. The third-order valence-corrected chi connectivity index (χ3v) is 6.03. The van der Waals surface area contributed by atoms with Crippen LogP contribution in [0.2, 0.25) is 0 Å². The number of hydrazine groups is 1. The van der Waals surface area contributed by atoms with Crippen LogP contribution in [0.15, 0.2) is 0 Å². The number of ether oxygens (including phenoxy) is 1. The molecule has 126 valence electrons. The maximum absolute atomic E-state index is 12.4. The first-order valence-electron chi connectivity index (χ1n) is 8.98. The van der Waals surface area contributed by atoms with E-state index < -0.39 is 0 Å². The second-order valence-electron chi connectivity index (χ2n) is 7.43. The van der Waals surface area contributed by atoms with Gasteiger partial charge in [-0.2, -0.15) is 5.01 Å². The molecule has 3 heterocycles. The van der Waals surface area contributed by atoms with Crippen molar-refractivity contribution in [3.8, 4) is 0 Å². The van der Waals surface area contributed by atoms with Crippen LogP contribution < -0.4 is 5.43 Å². The van der Waals surface area contributed by atoms with Crippen molar-refractivity contribution in [1.82, 2.24) is 10.4 Å². The molecular formula is C17H24N2O4. The third-order valence-electron chi connectivity index (χ3n) is 6.03. The summed E-state index contributed by atoms with van der Waals surface area (Å²) < 4.78 is 5.68. The van der Waals surface area contributed by atoms with Gasteiger partial charge < -0.3 is 4.74 Å². The molecule has 3 saturated heterocycles. The Morgan fingerprint density at radius 2 is 1.61 bits per heavy atom. The first-order valence-corrected chi connectivity index (χ1v) is 8.98. The molecular weight excluding hydrogens is 296 g/mol. The van der Waals surface area contributed by atoms with E-state index in [1.54, 1.807) is 0 Å². The predicted molar refractivity (Wildman–Crippen MR) is 80.7 cm³/mol.